The van der Waals surface area contributed by atoms with E-state index in [1.165, 1.54) is 0 Å². The molecule has 1 saturated carbocycles. The number of carboxylic acid groups (broad SMARTS) is 1. The Morgan fingerprint density at radius 1 is 1.29 bits per heavy atom. The monoisotopic (exact) mass is 286 g/mol. The van der Waals surface area contributed by atoms with Gasteiger partial charge in [-0.15, -0.1) is 0 Å². The van der Waals surface area contributed by atoms with Gasteiger partial charge in [0.05, 0.1) is 17.2 Å². The molecule has 110 valence electrons. The first-order valence-electron chi connectivity index (χ1n) is 7.18. The van der Waals surface area contributed by atoms with Gasteiger partial charge in [-0.25, -0.2) is 9.78 Å². The van der Waals surface area contributed by atoms with Crippen LogP contribution in [0, 0.1) is 5.92 Å². The highest BCUT2D eigenvalue weighted by Gasteiger charge is 2.22. The van der Waals surface area contributed by atoms with Crippen molar-refractivity contribution in [2.45, 2.75) is 25.4 Å². The number of pyridine rings is 1. The van der Waals surface area contributed by atoms with E-state index in [0.29, 0.717) is 16.8 Å². The first-order chi connectivity index (χ1) is 10.1. The van der Waals surface area contributed by atoms with Crippen LogP contribution >= 0.6 is 0 Å². The van der Waals surface area contributed by atoms with E-state index in [1.807, 2.05) is 6.07 Å². The number of carbonyl (C=O) groups is 1. The Hall–Kier alpha value is -2.14. The molecule has 1 aromatic carbocycles. The zero-order valence-corrected chi connectivity index (χ0v) is 11.6. The highest BCUT2D eigenvalue weighted by Crippen LogP contribution is 2.26. The summed E-state index contributed by atoms with van der Waals surface area (Å²) in [6, 6.07) is 8.69. The molecule has 2 aromatic rings. The summed E-state index contributed by atoms with van der Waals surface area (Å²) in [4.78, 5) is 15.6. The normalized spacial score (nSPS) is 21.6. The molecule has 1 aliphatic rings. The van der Waals surface area contributed by atoms with Gasteiger partial charge in [0.25, 0.3) is 0 Å². The van der Waals surface area contributed by atoms with E-state index in [9.17, 15) is 9.90 Å². The molecule has 1 aromatic heterocycles. The highest BCUT2D eigenvalue weighted by molar-refractivity contribution is 6.02. The number of aromatic nitrogens is 1. The van der Waals surface area contributed by atoms with Crippen LogP contribution in [0.2, 0.25) is 0 Å². The van der Waals surface area contributed by atoms with Crippen molar-refractivity contribution in [2.75, 3.05) is 11.9 Å². The molecule has 0 bridgehead atoms. The van der Waals surface area contributed by atoms with E-state index >= 15 is 0 Å². The summed E-state index contributed by atoms with van der Waals surface area (Å²) in [6.07, 6.45) is 2.58. The molecule has 0 spiro atoms. The summed E-state index contributed by atoms with van der Waals surface area (Å²) >= 11 is 0. The Kier molecular flexibility index (Phi) is 3.75. The summed E-state index contributed by atoms with van der Waals surface area (Å²) < 4.78 is 0. The number of nitrogens with one attached hydrogen (secondary N) is 1. The summed E-state index contributed by atoms with van der Waals surface area (Å²) in [6.45, 7) is 0.786. The fourth-order valence-corrected chi connectivity index (χ4v) is 2.92. The summed E-state index contributed by atoms with van der Waals surface area (Å²) in [5.41, 5.74) is 0.942. The molecule has 5 heteroatoms. The summed E-state index contributed by atoms with van der Waals surface area (Å²) in [7, 11) is 0. The lowest BCUT2D eigenvalue weighted by molar-refractivity contribution is 0.0699. The smallest absolute Gasteiger partial charge is 0.336 e. The number of aliphatic hydroxyl groups excluding tert-OH is 1. The predicted octanol–water partition coefficient (Wildman–Crippen LogP) is 2.51. The molecule has 0 saturated heterocycles. The minimum Gasteiger partial charge on any atom is -0.478 e. The molecule has 3 N–H and O–H groups in total. The van der Waals surface area contributed by atoms with Crippen LogP contribution in [0.5, 0.6) is 0 Å². The lowest BCUT2D eigenvalue weighted by Crippen LogP contribution is -2.13. The Morgan fingerprint density at radius 2 is 2.14 bits per heavy atom. The number of rotatable bonds is 4. The van der Waals surface area contributed by atoms with E-state index < -0.39 is 5.97 Å². The number of hydrogen-bond acceptors (Lipinski definition) is 4. The topological polar surface area (TPSA) is 82.5 Å². The molecule has 0 amide bonds. The number of hydrogen-bond donors (Lipinski definition) is 3. The van der Waals surface area contributed by atoms with Gasteiger partial charge in [0.15, 0.2) is 0 Å². The van der Waals surface area contributed by atoms with Crippen LogP contribution in [0.25, 0.3) is 10.9 Å². The Bertz CT molecular complexity index is 672. The standard InChI is InChI=1S/C16H18N2O3/c19-11-5-4-10(8-11)9-17-15-7-6-12-13(16(20)21)2-1-3-14(12)18-15/h1-3,6-7,10-11,19H,4-5,8-9H2,(H,17,18)(H,20,21). The quantitative estimate of drug-likeness (QED) is 0.804. The van der Waals surface area contributed by atoms with Crippen LogP contribution in [0.4, 0.5) is 5.82 Å². The average Bonchev–Trinajstić information content (AvgIpc) is 2.89. The minimum absolute atomic E-state index is 0.167. The van der Waals surface area contributed by atoms with E-state index in [2.05, 4.69) is 10.3 Å². The lowest BCUT2D eigenvalue weighted by Gasteiger charge is -2.12. The maximum atomic E-state index is 11.2. The minimum atomic E-state index is -0.942. The van der Waals surface area contributed by atoms with Crippen LogP contribution in [-0.2, 0) is 0 Å². The van der Waals surface area contributed by atoms with Crippen LogP contribution in [0.3, 0.4) is 0 Å². The van der Waals surface area contributed by atoms with Gasteiger partial charge in [0.2, 0.25) is 0 Å². The summed E-state index contributed by atoms with van der Waals surface area (Å²) in [5.74, 6) is 0.275. The van der Waals surface area contributed by atoms with Crippen molar-refractivity contribution >= 4 is 22.7 Å². The van der Waals surface area contributed by atoms with Gasteiger partial charge in [-0.2, -0.15) is 0 Å². The first kappa shape index (κ1) is 13.8. The van der Waals surface area contributed by atoms with Crippen LogP contribution in [0.1, 0.15) is 29.6 Å². The number of aromatic carboxylic acids is 1. The lowest BCUT2D eigenvalue weighted by atomic mass is 10.1. The molecule has 5 nitrogen and oxygen atoms in total. The largest absolute Gasteiger partial charge is 0.478 e. The SMILES string of the molecule is O=C(O)c1cccc2nc(NCC3CCC(O)C3)ccc12. The fraction of sp³-hybridized carbons (Fsp3) is 0.375. The molecular formula is C16H18N2O3. The number of carboxylic acids is 1. The van der Waals surface area contributed by atoms with Crippen molar-refractivity contribution in [1.82, 2.24) is 4.98 Å². The van der Waals surface area contributed by atoms with Crippen molar-refractivity contribution < 1.29 is 15.0 Å². The van der Waals surface area contributed by atoms with Gasteiger partial charge in [-0.05, 0) is 49.4 Å². The second kappa shape index (κ2) is 5.69. The second-order valence-electron chi connectivity index (χ2n) is 5.59. The molecule has 3 rings (SSSR count). The highest BCUT2D eigenvalue weighted by atomic mass is 16.4. The molecule has 0 aliphatic heterocycles. The van der Waals surface area contributed by atoms with Gasteiger partial charge < -0.3 is 15.5 Å². The van der Waals surface area contributed by atoms with E-state index in [-0.39, 0.29) is 11.7 Å². The first-order valence-corrected chi connectivity index (χ1v) is 7.18. The molecule has 1 heterocycles. The zero-order chi connectivity index (χ0) is 14.8. The zero-order valence-electron chi connectivity index (χ0n) is 11.6. The van der Waals surface area contributed by atoms with E-state index in [0.717, 1.165) is 31.6 Å². The molecule has 1 aliphatic carbocycles. The van der Waals surface area contributed by atoms with Crippen LogP contribution in [-0.4, -0.2) is 33.8 Å². The Labute approximate surface area is 122 Å². The van der Waals surface area contributed by atoms with Gasteiger partial charge in [-0.3, -0.25) is 0 Å². The molecule has 2 atom stereocenters. The number of nitrogens with zero attached hydrogens (tertiary/aromatic N) is 1. The van der Waals surface area contributed by atoms with Crippen molar-refractivity contribution in [3.8, 4) is 0 Å². The van der Waals surface area contributed by atoms with Gasteiger partial charge in [-0.1, -0.05) is 6.07 Å². The van der Waals surface area contributed by atoms with Crippen LogP contribution < -0.4 is 5.32 Å². The molecular weight excluding hydrogens is 268 g/mol. The van der Waals surface area contributed by atoms with Gasteiger partial charge in [0.1, 0.15) is 5.82 Å². The van der Waals surface area contributed by atoms with Crippen LogP contribution in [0.15, 0.2) is 30.3 Å². The maximum absolute atomic E-state index is 11.2. The number of benzene rings is 1. The van der Waals surface area contributed by atoms with Gasteiger partial charge in [0, 0.05) is 11.9 Å². The van der Waals surface area contributed by atoms with E-state index in [1.54, 1.807) is 24.3 Å². The molecule has 21 heavy (non-hydrogen) atoms. The Balaban J connectivity index is 1.77. The molecule has 2 unspecified atom stereocenters. The van der Waals surface area contributed by atoms with Crippen molar-refractivity contribution in [2.24, 2.45) is 5.92 Å². The number of anilines is 1. The Morgan fingerprint density at radius 3 is 2.86 bits per heavy atom. The third-order valence-electron chi connectivity index (χ3n) is 4.05. The number of aliphatic hydroxyl groups is 1. The van der Waals surface area contributed by atoms with Crippen molar-refractivity contribution in [3.63, 3.8) is 0 Å². The summed E-state index contributed by atoms with van der Waals surface area (Å²) in [5, 5.41) is 22.6. The third kappa shape index (κ3) is 2.97. The third-order valence-corrected chi connectivity index (χ3v) is 4.05. The molecule has 0 radical (unpaired) electrons. The number of fused-ring (bicyclic) bond motifs is 1. The maximum Gasteiger partial charge on any atom is 0.336 e. The average molecular weight is 286 g/mol. The van der Waals surface area contributed by atoms with Crippen molar-refractivity contribution in [1.29, 1.82) is 0 Å². The van der Waals surface area contributed by atoms with Crippen molar-refractivity contribution in [3.05, 3.63) is 35.9 Å². The second-order valence-corrected chi connectivity index (χ2v) is 5.59. The molecule has 1 fully saturated rings. The van der Waals surface area contributed by atoms with E-state index in [4.69, 9.17) is 5.11 Å². The van der Waals surface area contributed by atoms with Gasteiger partial charge >= 0.3 is 5.97 Å². The fourth-order valence-electron chi connectivity index (χ4n) is 2.92. The predicted molar refractivity (Wildman–Crippen MR) is 80.5 cm³/mol.